The number of benzene rings is 3. The van der Waals surface area contributed by atoms with E-state index in [1.807, 2.05) is 41.5 Å². The van der Waals surface area contributed by atoms with Crippen LogP contribution in [0.25, 0.3) is 28.1 Å². The van der Waals surface area contributed by atoms with Crippen molar-refractivity contribution in [2.75, 3.05) is 0 Å². The van der Waals surface area contributed by atoms with Gasteiger partial charge in [-0.3, -0.25) is 0 Å². The first-order valence-corrected chi connectivity index (χ1v) is 10.9. The summed E-state index contributed by atoms with van der Waals surface area (Å²) in [6, 6.07) is 27.7. The van der Waals surface area contributed by atoms with Gasteiger partial charge < -0.3 is 0 Å². The fraction of sp³-hybridized carbons (Fsp3) is 0.296. The van der Waals surface area contributed by atoms with Crippen molar-refractivity contribution in [1.29, 1.82) is 0 Å². The summed E-state index contributed by atoms with van der Waals surface area (Å²) in [6.45, 7) is 14.2. The normalized spacial score (nSPS) is 9.38. The molecule has 1 heterocycles. The fourth-order valence-electron chi connectivity index (χ4n) is 3.28. The minimum absolute atomic E-state index is 1.18. The van der Waals surface area contributed by atoms with Gasteiger partial charge in [-0.1, -0.05) is 90.1 Å². The fourth-order valence-corrected chi connectivity index (χ4v) is 3.28. The number of rotatable bonds is 2. The highest BCUT2D eigenvalue weighted by atomic mass is 15.2. The van der Waals surface area contributed by atoms with Crippen LogP contribution in [0.3, 0.4) is 0 Å². The molecular weight excluding hydrogens is 352 g/mol. The topological polar surface area (TPSA) is 8.81 Å². The first kappa shape index (κ1) is 24.2. The SMILES string of the molecule is CC.CC.CC.Cc1ccccc1-c1n(-c2ccccc2)c2ccccc2[n+]1C. The summed E-state index contributed by atoms with van der Waals surface area (Å²) in [5, 5.41) is 0. The molecule has 4 rings (SSSR count). The van der Waals surface area contributed by atoms with E-state index in [1.54, 1.807) is 0 Å². The molecule has 0 amide bonds. The predicted octanol–water partition coefficient (Wildman–Crippen LogP) is 7.51. The molecule has 0 fully saturated rings. The number of hydrogen-bond acceptors (Lipinski definition) is 0. The Bertz CT molecular complexity index is 982. The smallest absolute Gasteiger partial charge is 0.225 e. The standard InChI is InChI=1S/C21H19N2.3C2H6/c1-16-10-6-7-13-18(16)21-22(2)19-14-8-9-15-20(19)23(21)17-11-4-3-5-12-17;3*1-2/h3-15H,1-2H3;3*1-2H3/q+1;;;. The highest BCUT2D eigenvalue weighted by molar-refractivity contribution is 5.79. The van der Waals surface area contributed by atoms with E-state index in [4.69, 9.17) is 0 Å². The second kappa shape index (κ2) is 12.6. The summed E-state index contributed by atoms with van der Waals surface area (Å²) in [4.78, 5) is 0. The molecule has 0 radical (unpaired) electrons. The minimum Gasteiger partial charge on any atom is -0.225 e. The minimum atomic E-state index is 1.18. The van der Waals surface area contributed by atoms with Gasteiger partial charge in [0, 0.05) is 0 Å². The second-order valence-electron chi connectivity index (χ2n) is 5.86. The molecule has 2 nitrogen and oxygen atoms in total. The Hall–Kier alpha value is -2.87. The van der Waals surface area contributed by atoms with E-state index in [2.05, 4.69) is 102 Å². The highest BCUT2D eigenvalue weighted by Crippen LogP contribution is 2.28. The van der Waals surface area contributed by atoms with Gasteiger partial charge in [0.25, 0.3) is 5.82 Å². The van der Waals surface area contributed by atoms with E-state index in [1.165, 1.54) is 33.7 Å². The third-order valence-electron chi connectivity index (χ3n) is 4.41. The molecule has 0 saturated heterocycles. The van der Waals surface area contributed by atoms with Crippen LogP contribution < -0.4 is 4.57 Å². The lowest BCUT2D eigenvalue weighted by Gasteiger charge is -2.06. The third kappa shape index (κ3) is 5.14. The summed E-state index contributed by atoms with van der Waals surface area (Å²) >= 11 is 0. The van der Waals surface area contributed by atoms with Crippen molar-refractivity contribution in [3.8, 4) is 17.1 Å². The highest BCUT2D eigenvalue weighted by Gasteiger charge is 2.26. The monoisotopic (exact) mass is 389 g/mol. The van der Waals surface area contributed by atoms with Crippen LogP contribution in [0.15, 0.2) is 78.9 Å². The second-order valence-corrected chi connectivity index (χ2v) is 5.86. The number of aryl methyl sites for hydroxylation is 2. The molecule has 0 aliphatic heterocycles. The predicted molar refractivity (Wildman–Crippen MR) is 129 cm³/mol. The van der Waals surface area contributed by atoms with Gasteiger partial charge in [0.15, 0.2) is 11.0 Å². The number of nitrogens with zero attached hydrogens (tertiary/aromatic N) is 2. The number of aromatic nitrogens is 2. The zero-order valence-corrected chi connectivity index (χ0v) is 19.4. The lowest BCUT2D eigenvalue weighted by molar-refractivity contribution is -0.633. The molecule has 0 atom stereocenters. The van der Waals surface area contributed by atoms with Crippen LogP contribution in [0.2, 0.25) is 0 Å². The van der Waals surface area contributed by atoms with E-state index in [-0.39, 0.29) is 0 Å². The van der Waals surface area contributed by atoms with Crippen molar-refractivity contribution >= 4 is 11.0 Å². The summed E-state index contributed by atoms with van der Waals surface area (Å²) in [5.41, 5.74) is 6.18. The van der Waals surface area contributed by atoms with Crippen LogP contribution in [0.5, 0.6) is 0 Å². The van der Waals surface area contributed by atoms with Crippen LogP contribution in [0, 0.1) is 6.92 Å². The summed E-state index contributed by atoms with van der Waals surface area (Å²) in [7, 11) is 2.14. The first-order chi connectivity index (χ1) is 14.3. The van der Waals surface area contributed by atoms with Gasteiger partial charge in [-0.2, -0.15) is 4.57 Å². The van der Waals surface area contributed by atoms with Crippen LogP contribution >= 0.6 is 0 Å². The number of fused-ring (bicyclic) bond motifs is 1. The number of imidazole rings is 1. The molecule has 0 aliphatic rings. The van der Waals surface area contributed by atoms with Crippen molar-refractivity contribution in [3.05, 3.63) is 84.4 Å². The maximum atomic E-state index is 2.34. The number of para-hydroxylation sites is 3. The van der Waals surface area contributed by atoms with E-state index in [9.17, 15) is 0 Å². The van der Waals surface area contributed by atoms with Crippen molar-refractivity contribution in [3.63, 3.8) is 0 Å². The largest absolute Gasteiger partial charge is 0.295 e. The maximum Gasteiger partial charge on any atom is 0.295 e. The molecular formula is C27H37N2+. The van der Waals surface area contributed by atoms with Gasteiger partial charge in [0.1, 0.15) is 5.69 Å². The van der Waals surface area contributed by atoms with Gasteiger partial charge in [-0.15, -0.1) is 0 Å². The van der Waals surface area contributed by atoms with Crippen LogP contribution in [0.4, 0.5) is 0 Å². The molecule has 0 bridgehead atoms. The van der Waals surface area contributed by atoms with Crippen molar-refractivity contribution in [1.82, 2.24) is 4.57 Å². The summed E-state index contributed by atoms with van der Waals surface area (Å²) in [6.07, 6.45) is 0. The zero-order chi connectivity index (χ0) is 21.8. The molecule has 0 aliphatic carbocycles. The Balaban J connectivity index is 0.000000644. The van der Waals surface area contributed by atoms with Gasteiger partial charge in [-0.05, 0) is 42.8 Å². The molecule has 2 heteroatoms. The molecule has 0 saturated carbocycles. The first-order valence-electron chi connectivity index (χ1n) is 10.9. The van der Waals surface area contributed by atoms with Crippen molar-refractivity contribution in [2.24, 2.45) is 7.05 Å². The lowest BCUT2D eigenvalue weighted by Crippen LogP contribution is -2.30. The van der Waals surface area contributed by atoms with Gasteiger partial charge in [0.05, 0.1) is 12.6 Å². The average Bonchev–Trinajstić information content (AvgIpc) is 3.11. The van der Waals surface area contributed by atoms with Crippen molar-refractivity contribution < 1.29 is 4.57 Å². The molecule has 4 aromatic rings. The average molecular weight is 390 g/mol. The van der Waals surface area contributed by atoms with E-state index >= 15 is 0 Å². The Kier molecular flexibility index (Phi) is 10.5. The molecule has 3 aromatic carbocycles. The Morgan fingerprint density at radius 1 is 0.621 bits per heavy atom. The maximum absolute atomic E-state index is 2.34. The molecule has 0 spiro atoms. The molecule has 29 heavy (non-hydrogen) atoms. The van der Waals surface area contributed by atoms with Crippen LogP contribution in [-0.4, -0.2) is 4.57 Å². The summed E-state index contributed by atoms with van der Waals surface area (Å²) < 4.78 is 4.63. The molecule has 0 unspecified atom stereocenters. The zero-order valence-electron chi connectivity index (χ0n) is 19.4. The van der Waals surface area contributed by atoms with Crippen molar-refractivity contribution in [2.45, 2.75) is 48.5 Å². The summed E-state index contributed by atoms with van der Waals surface area (Å²) in [5.74, 6) is 1.20. The van der Waals surface area contributed by atoms with Crippen LogP contribution in [0.1, 0.15) is 47.1 Å². The Morgan fingerprint density at radius 2 is 1.14 bits per heavy atom. The third-order valence-corrected chi connectivity index (χ3v) is 4.41. The quantitative estimate of drug-likeness (QED) is 0.314. The van der Waals surface area contributed by atoms with Crippen LogP contribution in [-0.2, 0) is 7.05 Å². The Labute approximate surface area is 177 Å². The van der Waals surface area contributed by atoms with E-state index < -0.39 is 0 Å². The lowest BCUT2D eigenvalue weighted by atomic mass is 10.1. The van der Waals surface area contributed by atoms with E-state index in [0.29, 0.717) is 0 Å². The van der Waals surface area contributed by atoms with Gasteiger partial charge in [0.2, 0.25) is 0 Å². The molecule has 0 N–H and O–H groups in total. The van der Waals surface area contributed by atoms with Gasteiger partial charge in [-0.25, -0.2) is 4.57 Å². The molecule has 154 valence electrons. The van der Waals surface area contributed by atoms with E-state index in [0.717, 1.165) is 0 Å². The number of hydrogen-bond donors (Lipinski definition) is 0. The van der Waals surface area contributed by atoms with Gasteiger partial charge >= 0.3 is 0 Å². The molecule has 1 aromatic heterocycles. The Morgan fingerprint density at radius 3 is 1.76 bits per heavy atom.